The van der Waals surface area contributed by atoms with E-state index in [1.165, 1.54) is 0 Å². The first kappa shape index (κ1) is 22.5. The number of carbonyl (C=O) groups is 1. The van der Waals surface area contributed by atoms with Gasteiger partial charge in [-0.3, -0.25) is 9.78 Å². The highest BCUT2D eigenvalue weighted by molar-refractivity contribution is 5.92. The van der Waals surface area contributed by atoms with Crippen molar-refractivity contribution in [2.45, 2.75) is 39.2 Å². The lowest BCUT2D eigenvalue weighted by atomic mass is 10.2. The van der Waals surface area contributed by atoms with E-state index in [2.05, 4.69) is 46.1 Å². The van der Waals surface area contributed by atoms with Gasteiger partial charge in [-0.15, -0.1) is 0 Å². The molecule has 0 aliphatic rings. The van der Waals surface area contributed by atoms with Crippen molar-refractivity contribution in [1.82, 2.24) is 19.9 Å². The topological polar surface area (TPSA) is 69.0 Å². The number of aryl methyl sites for hydroxylation is 3. The van der Waals surface area contributed by atoms with Crippen molar-refractivity contribution in [1.29, 1.82) is 0 Å². The molecule has 2 heterocycles. The van der Waals surface area contributed by atoms with Crippen LogP contribution < -0.4 is 10.1 Å². The molecule has 6 heteroatoms. The lowest BCUT2D eigenvalue weighted by molar-refractivity contribution is 0.0948. The first-order valence-electron chi connectivity index (χ1n) is 11.5. The van der Waals surface area contributed by atoms with Gasteiger partial charge in [0.1, 0.15) is 17.3 Å². The van der Waals surface area contributed by atoms with Crippen LogP contribution >= 0.6 is 0 Å². The number of carbonyl (C=O) groups excluding carboxylic acids is 1. The third-order valence-corrected chi connectivity index (χ3v) is 5.62. The zero-order chi connectivity index (χ0) is 22.9. The van der Waals surface area contributed by atoms with Crippen LogP contribution in [0.15, 0.2) is 72.9 Å². The summed E-state index contributed by atoms with van der Waals surface area (Å²) in [6, 6.07) is 21.7. The molecular weight excluding hydrogens is 412 g/mol. The molecule has 1 N–H and O–H groups in total. The van der Waals surface area contributed by atoms with Crippen molar-refractivity contribution in [3.8, 4) is 5.75 Å². The molecule has 0 unspecified atom stereocenters. The van der Waals surface area contributed by atoms with Gasteiger partial charge in [0.05, 0.1) is 17.6 Å². The fraction of sp³-hybridized carbons (Fsp3) is 0.296. The molecule has 0 spiro atoms. The maximum Gasteiger partial charge on any atom is 0.269 e. The molecule has 0 fully saturated rings. The van der Waals surface area contributed by atoms with E-state index in [0.29, 0.717) is 18.8 Å². The van der Waals surface area contributed by atoms with Crippen LogP contribution in [-0.2, 0) is 13.0 Å². The third-order valence-electron chi connectivity index (χ3n) is 5.62. The summed E-state index contributed by atoms with van der Waals surface area (Å²) in [4.78, 5) is 21.1. The number of unbranched alkanes of at least 4 members (excludes halogenated alkanes) is 1. The average molecular weight is 443 g/mol. The summed E-state index contributed by atoms with van der Waals surface area (Å²) >= 11 is 0. The Hall–Kier alpha value is -3.67. The van der Waals surface area contributed by atoms with Gasteiger partial charge in [-0.2, -0.15) is 0 Å². The summed E-state index contributed by atoms with van der Waals surface area (Å²) in [6.45, 7) is 4.25. The highest BCUT2D eigenvalue weighted by atomic mass is 16.5. The van der Waals surface area contributed by atoms with Crippen LogP contribution in [0.2, 0.25) is 0 Å². The molecular formula is C27H30N4O2. The Morgan fingerprint density at radius 1 is 0.970 bits per heavy atom. The first-order valence-corrected chi connectivity index (χ1v) is 11.5. The summed E-state index contributed by atoms with van der Waals surface area (Å²) in [7, 11) is 0. The number of benzene rings is 2. The largest absolute Gasteiger partial charge is 0.493 e. The monoisotopic (exact) mass is 442 g/mol. The molecule has 2 aromatic carbocycles. The Morgan fingerprint density at radius 3 is 2.64 bits per heavy atom. The van der Waals surface area contributed by atoms with Crippen molar-refractivity contribution < 1.29 is 9.53 Å². The number of nitrogens with one attached hydrogen (secondary N) is 1. The second kappa shape index (κ2) is 11.3. The Bertz CT molecular complexity index is 1190. The van der Waals surface area contributed by atoms with Crippen molar-refractivity contribution in [2.75, 3.05) is 13.2 Å². The Morgan fingerprint density at radius 2 is 1.79 bits per heavy atom. The van der Waals surface area contributed by atoms with Crippen LogP contribution in [0.4, 0.5) is 0 Å². The SMILES string of the molecule is Cc1ccccc1OCCCCn1c(CCCNC(=O)c2ccccn2)nc2ccccc21. The van der Waals surface area contributed by atoms with Crippen LogP contribution in [0.25, 0.3) is 11.0 Å². The third kappa shape index (κ3) is 5.98. The van der Waals surface area contributed by atoms with E-state index in [9.17, 15) is 4.79 Å². The number of aromatic nitrogens is 3. The zero-order valence-corrected chi connectivity index (χ0v) is 19.0. The van der Waals surface area contributed by atoms with Gasteiger partial charge < -0.3 is 14.6 Å². The van der Waals surface area contributed by atoms with Crippen LogP contribution in [-0.4, -0.2) is 33.6 Å². The van der Waals surface area contributed by atoms with Gasteiger partial charge in [-0.25, -0.2) is 4.98 Å². The van der Waals surface area contributed by atoms with Crippen molar-refractivity contribution in [2.24, 2.45) is 0 Å². The normalized spacial score (nSPS) is 10.9. The maximum atomic E-state index is 12.2. The van der Waals surface area contributed by atoms with E-state index in [1.54, 1.807) is 18.3 Å². The quantitative estimate of drug-likeness (QED) is 0.333. The molecule has 0 aliphatic carbocycles. The molecule has 0 bridgehead atoms. The summed E-state index contributed by atoms with van der Waals surface area (Å²) in [5.41, 5.74) is 3.78. The molecule has 0 aliphatic heterocycles. The van der Waals surface area contributed by atoms with E-state index >= 15 is 0 Å². The van der Waals surface area contributed by atoms with Crippen LogP contribution in [0, 0.1) is 6.92 Å². The standard InChI is InChI=1S/C27H30N4O2/c1-21-11-2-5-15-25(21)33-20-9-8-19-31-24-14-4-3-12-22(24)30-26(31)16-10-18-29-27(32)23-13-6-7-17-28-23/h2-7,11-15,17H,8-10,16,18-20H2,1H3,(H,29,32). The van der Waals surface area contributed by atoms with Gasteiger partial charge in [0, 0.05) is 25.7 Å². The molecule has 2 aromatic heterocycles. The molecule has 4 rings (SSSR count). The minimum Gasteiger partial charge on any atom is -0.493 e. The Kier molecular flexibility index (Phi) is 7.69. The molecule has 0 saturated heterocycles. The number of ether oxygens (including phenoxy) is 1. The van der Waals surface area contributed by atoms with E-state index in [1.807, 2.05) is 30.3 Å². The van der Waals surface area contributed by atoms with E-state index in [-0.39, 0.29) is 5.91 Å². The maximum absolute atomic E-state index is 12.2. The fourth-order valence-electron chi connectivity index (χ4n) is 3.87. The number of rotatable bonds is 11. The van der Waals surface area contributed by atoms with Gasteiger partial charge in [0.15, 0.2) is 0 Å². The van der Waals surface area contributed by atoms with Gasteiger partial charge >= 0.3 is 0 Å². The van der Waals surface area contributed by atoms with Crippen molar-refractivity contribution in [3.05, 3.63) is 90.0 Å². The lowest BCUT2D eigenvalue weighted by Gasteiger charge is -2.11. The minimum atomic E-state index is -0.141. The predicted molar refractivity (Wildman–Crippen MR) is 131 cm³/mol. The molecule has 0 saturated carbocycles. The molecule has 4 aromatic rings. The number of amides is 1. The summed E-state index contributed by atoms with van der Waals surface area (Å²) in [5, 5.41) is 2.95. The van der Waals surface area contributed by atoms with Gasteiger partial charge in [0.25, 0.3) is 5.91 Å². The molecule has 1 amide bonds. The van der Waals surface area contributed by atoms with Gasteiger partial charge in [-0.1, -0.05) is 36.4 Å². The van der Waals surface area contributed by atoms with Crippen LogP contribution in [0.3, 0.4) is 0 Å². The predicted octanol–water partition coefficient (Wildman–Crippen LogP) is 4.96. The highest BCUT2D eigenvalue weighted by Gasteiger charge is 2.11. The van der Waals surface area contributed by atoms with E-state index < -0.39 is 0 Å². The second-order valence-corrected chi connectivity index (χ2v) is 8.06. The zero-order valence-electron chi connectivity index (χ0n) is 19.0. The molecule has 0 atom stereocenters. The van der Waals surface area contributed by atoms with Crippen LogP contribution in [0.5, 0.6) is 5.75 Å². The highest BCUT2D eigenvalue weighted by Crippen LogP contribution is 2.19. The van der Waals surface area contributed by atoms with E-state index in [0.717, 1.165) is 60.4 Å². The van der Waals surface area contributed by atoms with Gasteiger partial charge in [-0.05, 0) is 62.1 Å². The number of para-hydroxylation sites is 3. The summed E-state index contributed by atoms with van der Waals surface area (Å²) in [5.74, 6) is 1.87. The van der Waals surface area contributed by atoms with E-state index in [4.69, 9.17) is 9.72 Å². The number of hydrogen-bond acceptors (Lipinski definition) is 4. The first-order chi connectivity index (χ1) is 16.2. The second-order valence-electron chi connectivity index (χ2n) is 8.06. The average Bonchev–Trinajstić information content (AvgIpc) is 3.20. The smallest absolute Gasteiger partial charge is 0.269 e. The number of pyridine rings is 1. The number of hydrogen-bond donors (Lipinski definition) is 1. The Labute approximate surface area is 194 Å². The number of fused-ring (bicyclic) bond motifs is 1. The number of imidazole rings is 1. The summed E-state index contributed by atoms with van der Waals surface area (Å²) in [6.07, 6.45) is 5.23. The van der Waals surface area contributed by atoms with Crippen LogP contribution in [0.1, 0.15) is 41.1 Å². The molecule has 6 nitrogen and oxygen atoms in total. The summed E-state index contributed by atoms with van der Waals surface area (Å²) < 4.78 is 8.25. The number of nitrogens with zero attached hydrogens (tertiary/aromatic N) is 3. The molecule has 0 radical (unpaired) electrons. The van der Waals surface area contributed by atoms with Crippen molar-refractivity contribution >= 4 is 16.9 Å². The Balaban J connectivity index is 1.30. The van der Waals surface area contributed by atoms with Gasteiger partial charge in [0.2, 0.25) is 0 Å². The molecule has 33 heavy (non-hydrogen) atoms. The fourth-order valence-corrected chi connectivity index (χ4v) is 3.87. The van der Waals surface area contributed by atoms with Crippen molar-refractivity contribution in [3.63, 3.8) is 0 Å². The lowest BCUT2D eigenvalue weighted by Crippen LogP contribution is -2.25. The minimum absolute atomic E-state index is 0.141. The molecule has 170 valence electrons.